The Morgan fingerprint density at radius 3 is 2.32 bits per heavy atom. The fourth-order valence-corrected chi connectivity index (χ4v) is 4.17. The number of urea groups is 1. The summed E-state index contributed by atoms with van der Waals surface area (Å²) in [5.74, 6) is -0.449. The third-order valence-corrected chi connectivity index (χ3v) is 6.02. The number of carbonyl (C=O) groups excluding carboxylic acids is 3. The Morgan fingerprint density at radius 2 is 1.55 bits per heavy atom. The number of rotatable bonds is 8. The van der Waals surface area contributed by atoms with E-state index < -0.39 is 17.8 Å². The molecule has 7 heteroatoms. The summed E-state index contributed by atoms with van der Waals surface area (Å²) in [5.41, 5.74) is 1.69. The largest absolute Gasteiger partial charge is 0.489 e. The molecule has 0 atom stereocenters. The van der Waals surface area contributed by atoms with Crippen LogP contribution in [0.15, 0.2) is 109 Å². The van der Waals surface area contributed by atoms with Crippen molar-refractivity contribution in [2.75, 3.05) is 11.5 Å². The second kappa shape index (κ2) is 10.8. The van der Waals surface area contributed by atoms with Crippen molar-refractivity contribution in [2.45, 2.75) is 6.61 Å². The van der Waals surface area contributed by atoms with Crippen LogP contribution in [0.1, 0.15) is 11.1 Å². The van der Waals surface area contributed by atoms with Gasteiger partial charge in [0.2, 0.25) is 0 Å². The fourth-order valence-electron chi connectivity index (χ4n) is 4.17. The normalized spacial score (nSPS) is 14.5. The van der Waals surface area contributed by atoms with Crippen molar-refractivity contribution in [3.8, 4) is 11.5 Å². The van der Waals surface area contributed by atoms with Crippen molar-refractivity contribution < 1.29 is 23.9 Å². The van der Waals surface area contributed by atoms with Gasteiger partial charge >= 0.3 is 6.03 Å². The summed E-state index contributed by atoms with van der Waals surface area (Å²) in [6, 6.07) is 26.7. The molecule has 1 aliphatic rings. The molecule has 1 saturated heterocycles. The van der Waals surface area contributed by atoms with Crippen molar-refractivity contribution in [3.05, 3.63) is 120 Å². The summed E-state index contributed by atoms with van der Waals surface area (Å²) in [6.45, 7) is 4.31. The van der Waals surface area contributed by atoms with E-state index in [1.54, 1.807) is 36.4 Å². The number of carbonyl (C=O) groups is 3. The molecule has 0 spiro atoms. The van der Waals surface area contributed by atoms with Gasteiger partial charge in [-0.15, -0.1) is 0 Å². The minimum absolute atomic E-state index is 0.186. The van der Waals surface area contributed by atoms with Crippen molar-refractivity contribution in [1.82, 2.24) is 5.32 Å². The molecule has 4 aromatic carbocycles. The minimum Gasteiger partial charge on any atom is -0.489 e. The topological polar surface area (TPSA) is 84.9 Å². The summed E-state index contributed by atoms with van der Waals surface area (Å²) in [6.07, 6.45) is 3.08. The number of barbiturate groups is 1. The van der Waals surface area contributed by atoms with Gasteiger partial charge in [-0.05, 0) is 52.7 Å². The van der Waals surface area contributed by atoms with Gasteiger partial charge in [0.05, 0.1) is 5.69 Å². The molecule has 0 saturated carbocycles. The van der Waals surface area contributed by atoms with Gasteiger partial charge < -0.3 is 9.47 Å². The van der Waals surface area contributed by atoms with Crippen LogP contribution in [0.5, 0.6) is 11.5 Å². The van der Waals surface area contributed by atoms with Crippen LogP contribution in [0.3, 0.4) is 0 Å². The zero-order valence-electron chi connectivity index (χ0n) is 20.4. The molecule has 4 amide bonds. The Hall–Kier alpha value is -5.17. The number of fused-ring (bicyclic) bond motifs is 1. The molecule has 1 N–H and O–H groups in total. The number of ether oxygens (including phenoxy) is 2. The van der Waals surface area contributed by atoms with Gasteiger partial charge in [-0.25, -0.2) is 9.69 Å². The lowest BCUT2D eigenvalue weighted by Gasteiger charge is -2.26. The average molecular weight is 505 g/mol. The van der Waals surface area contributed by atoms with Gasteiger partial charge in [0.15, 0.2) is 0 Å². The minimum atomic E-state index is -0.823. The first-order chi connectivity index (χ1) is 18.5. The lowest BCUT2D eigenvalue weighted by molar-refractivity contribution is -0.122. The van der Waals surface area contributed by atoms with Crippen LogP contribution in [-0.4, -0.2) is 24.5 Å². The standard InChI is InChI=1S/C31H24N2O5/c1-2-18-37-28-17-12-22-10-6-7-11-25(22)26(28)19-27-29(34)32-31(36)33(30(27)35)23-13-15-24(16-14-23)38-20-21-8-4-3-5-9-21/h2-17,19H,1,18,20H2,(H,32,34,36)/b27-19+. The Kier molecular flexibility index (Phi) is 6.99. The van der Waals surface area contributed by atoms with E-state index in [1.165, 1.54) is 6.08 Å². The number of anilines is 1. The molecule has 1 fully saturated rings. The first-order valence-electron chi connectivity index (χ1n) is 12.0. The molecule has 7 nitrogen and oxygen atoms in total. The zero-order chi connectivity index (χ0) is 26.5. The highest BCUT2D eigenvalue weighted by atomic mass is 16.5. The summed E-state index contributed by atoms with van der Waals surface area (Å²) < 4.78 is 11.6. The van der Waals surface area contributed by atoms with Crippen molar-refractivity contribution in [1.29, 1.82) is 0 Å². The number of benzene rings is 4. The molecule has 0 unspecified atom stereocenters. The summed E-state index contributed by atoms with van der Waals surface area (Å²) in [5, 5.41) is 3.98. The van der Waals surface area contributed by atoms with E-state index >= 15 is 0 Å². The van der Waals surface area contributed by atoms with Crippen molar-refractivity contribution in [3.63, 3.8) is 0 Å². The van der Waals surface area contributed by atoms with E-state index in [9.17, 15) is 14.4 Å². The van der Waals surface area contributed by atoms with Crippen LogP contribution >= 0.6 is 0 Å². The molecule has 0 aromatic heterocycles. The first kappa shape index (κ1) is 24.5. The van der Waals surface area contributed by atoms with E-state index in [4.69, 9.17) is 9.47 Å². The molecule has 38 heavy (non-hydrogen) atoms. The predicted octanol–water partition coefficient (Wildman–Crippen LogP) is 5.65. The third kappa shape index (κ3) is 5.03. The van der Waals surface area contributed by atoms with Crippen LogP contribution in [0.2, 0.25) is 0 Å². The fraction of sp³-hybridized carbons (Fsp3) is 0.0645. The highest BCUT2D eigenvalue weighted by molar-refractivity contribution is 6.39. The highest BCUT2D eigenvalue weighted by Gasteiger charge is 2.37. The van der Waals surface area contributed by atoms with E-state index in [1.807, 2.05) is 60.7 Å². The zero-order valence-corrected chi connectivity index (χ0v) is 20.4. The average Bonchev–Trinajstić information content (AvgIpc) is 2.94. The van der Waals surface area contributed by atoms with Crippen LogP contribution < -0.4 is 19.7 Å². The van der Waals surface area contributed by atoms with Gasteiger partial charge in [0.25, 0.3) is 11.8 Å². The quantitative estimate of drug-likeness (QED) is 0.190. The number of nitrogens with zero attached hydrogens (tertiary/aromatic N) is 1. The molecular weight excluding hydrogens is 480 g/mol. The summed E-state index contributed by atoms with van der Waals surface area (Å²) >= 11 is 0. The molecule has 4 aromatic rings. The molecule has 0 radical (unpaired) electrons. The van der Waals surface area contributed by atoms with E-state index in [-0.39, 0.29) is 12.2 Å². The third-order valence-electron chi connectivity index (χ3n) is 6.02. The van der Waals surface area contributed by atoms with Gasteiger partial charge in [-0.2, -0.15) is 0 Å². The van der Waals surface area contributed by atoms with Crippen LogP contribution in [-0.2, 0) is 16.2 Å². The van der Waals surface area contributed by atoms with Gasteiger partial charge in [-0.3, -0.25) is 14.9 Å². The number of hydrogen-bond donors (Lipinski definition) is 1. The van der Waals surface area contributed by atoms with Crippen LogP contribution in [0, 0.1) is 0 Å². The van der Waals surface area contributed by atoms with Crippen LogP contribution in [0.4, 0.5) is 10.5 Å². The number of nitrogens with one attached hydrogen (secondary N) is 1. The molecule has 1 aliphatic heterocycles. The first-order valence-corrected chi connectivity index (χ1v) is 12.0. The maximum Gasteiger partial charge on any atom is 0.335 e. The summed E-state index contributed by atoms with van der Waals surface area (Å²) in [4.78, 5) is 39.9. The van der Waals surface area contributed by atoms with Crippen molar-refractivity contribution >= 4 is 40.4 Å². The van der Waals surface area contributed by atoms with E-state index in [0.29, 0.717) is 29.4 Å². The monoisotopic (exact) mass is 504 g/mol. The molecule has 0 aliphatic carbocycles. The van der Waals surface area contributed by atoms with Crippen molar-refractivity contribution in [2.24, 2.45) is 0 Å². The van der Waals surface area contributed by atoms with E-state index in [2.05, 4.69) is 11.9 Å². The SMILES string of the molecule is C=CCOc1ccc2ccccc2c1/C=C1\C(=O)NC(=O)N(c2ccc(OCc3ccccc3)cc2)C1=O. The van der Waals surface area contributed by atoms with E-state index in [0.717, 1.165) is 21.2 Å². The second-order valence-corrected chi connectivity index (χ2v) is 8.52. The highest BCUT2D eigenvalue weighted by Crippen LogP contribution is 2.32. The molecule has 5 rings (SSSR count). The Bertz CT molecular complexity index is 1560. The predicted molar refractivity (Wildman–Crippen MR) is 146 cm³/mol. The lowest BCUT2D eigenvalue weighted by Crippen LogP contribution is -2.54. The van der Waals surface area contributed by atoms with Gasteiger partial charge in [0, 0.05) is 5.56 Å². The molecule has 1 heterocycles. The maximum atomic E-state index is 13.5. The smallest absolute Gasteiger partial charge is 0.335 e. The summed E-state index contributed by atoms with van der Waals surface area (Å²) in [7, 11) is 0. The molecule has 0 bridgehead atoms. The Morgan fingerprint density at radius 1 is 0.816 bits per heavy atom. The number of amides is 4. The Balaban J connectivity index is 1.45. The Labute approximate surface area is 219 Å². The molecular formula is C31H24N2O5. The maximum absolute atomic E-state index is 13.5. The lowest BCUT2D eigenvalue weighted by atomic mass is 9.99. The number of imide groups is 2. The van der Waals surface area contributed by atoms with Crippen LogP contribution in [0.25, 0.3) is 16.8 Å². The molecule has 188 valence electrons. The number of hydrogen-bond acceptors (Lipinski definition) is 5. The second-order valence-electron chi connectivity index (χ2n) is 8.52. The van der Waals surface area contributed by atoms with Gasteiger partial charge in [0.1, 0.15) is 30.3 Å². The van der Waals surface area contributed by atoms with Gasteiger partial charge in [-0.1, -0.05) is 73.3 Å².